The highest BCUT2D eigenvalue weighted by Gasteiger charge is 2.28. The molecule has 98 valence electrons. The molecule has 1 aliphatic carbocycles. The van der Waals surface area contributed by atoms with Crippen LogP contribution in [0.2, 0.25) is 0 Å². The van der Waals surface area contributed by atoms with Crippen LogP contribution in [-0.4, -0.2) is 42.9 Å². The van der Waals surface area contributed by atoms with Crippen molar-refractivity contribution >= 4 is 12.0 Å². The summed E-state index contributed by atoms with van der Waals surface area (Å²) in [5.74, 6) is -0.845. The molecule has 2 atom stereocenters. The Morgan fingerprint density at radius 3 is 2.82 bits per heavy atom. The summed E-state index contributed by atoms with van der Waals surface area (Å²) in [6.45, 7) is 0.377. The number of urea groups is 1. The fraction of sp³-hybridized carbons (Fsp3) is 0.818. The van der Waals surface area contributed by atoms with Crippen LogP contribution in [-0.2, 0) is 9.53 Å². The van der Waals surface area contributed by atoms with Crippen molar-refractivity contribution in [1.29, 1.82) is 0 Å². The van der Waals surface area contributed by atoms with Crippen molar-refractivity contribution in [3.8, 4) is 0 Å². The first-order chi connectivity index (χ1) is 8.13. The van der Waals surface area contributed by atoms with Gasteiger partial charge in [0.25, 0.3) is 0 Å². The van der Waals surface area contributed by atoms with E-state index in [1.807, 2.05) is 0 Å². The number of hydrogen-bond acceptors (Lipinski definition) is 3. The maximum atomic E-state index is 11.5. The van der Waals surface area contributed by atoms with Crippen LogP contribution in [0, 0.1) is 0 Å². The third kappa shape index (κ3) is 5.04. The van der Waals surface area contributed by atoms with Crippen molar-refractivity contribution in [2.75, 3.05) is 13.7 Å². The fourth-order valence-corrected chi connectivity index (χ4v) is 2.03. The molecule has 0 radical (unpaired) electrons. The molecule has 0 heterocycles. The molecule has 6 heteroatoms. The summed E-state index contributed by atoms with van der Waals surface area (Å²) in [4.78, 5) is 21.7. The minimum Gasteiger partial charge on any atom is -0.481 e. The minimum atomic E-state index is -0.845. The Balaban J connectivity index is 2.14. The van der Waals surface area contributed by atoms with Gasteiger partial charge in [-0.3, -0.25) is 4.79 Å². The number of aliphatic carboxylic acids is 1. The molecule has 0 saturated heterocycles. The first-order valence-corrected chi connectivity index (χ1v) is 5.92. The number of carbonyl (C=O) groups is 2. The van der Waals surface area contributed by atoms with Gasteiger partial charge in [0, 0.05) is 20.1 Å². The van der Waals surface area contributed by atoms with E-state index in [4.69, 9.17) is 9.84 Å². The molecule has 0 unspecified atom stereocenters. The number of ether oxygens (including phenoxy) is 1. The number of rotatable bonds is 6. The quantitative estimate of drug-likeness (QED) is 0.601. The number of amides is 2. The number of nitrogens with one attached hydrogen (secondary N) is 2. The highest BCUT2D eigenvalue weighted by Crippen LogP contribution is 2.21. The van der Waals surface area contributed by atoms with Crippen molar-refractivity contribution in [3.63, 3.8) is 0 Å². The van der Waals surface area contributed by atoms with E-state index in [1.165, 1.54) is 0 Å². The van der Waals surface area contributed by atoms with Gasteiger partial charge in [0.15, 0.2) is 0 Å². The number of hydrogen-bond donors (Lipinski definition) is 3. The topological polar surface area (TPSA) is 87.7 Å². The Labute approximate surface area is 101 Å². The molecule has 0 aromatic heterocycles. The van der Waals surface area contributed by atoms with Gasteiger partial charge < -0.3 is 20.5 Å². The van der Waals surface area contributed by atoms with Gasteiger partial charge in [-0.2, -0.15) is 0 Å². The molecule has 1 aliphatic rings. The summed E-state index contributed by atoms with van der Waals surface area (Å²) in [6.07, 6.45) is 3.58. The molecule has 17 heavy (non-hydrogen) atoms. The lowest BCUT2D eigenvalue weighted by atomic mass is 10.2. The van der Waals surface area contributed by atoms with Crippen LogP contribution in [0.1, 0.15) is 32.1 Å². The predicted molar refractivity (Wildman–Crippen MR) is 61.8 cm³/mol. The van der Waals surface area contributed by atoms with Gasteiger partial charge in [-0.05, 0) is 25.7 Å². The van der Waals surface area contributed by atoms with Gasteiger partial charge in [0.05, 0.1) is 12.1 Å². The van der Waals surface area contributed by atoms with Gasteiger partial charge in [-0.15, -0.1) is 0 Å². The molecule has 0 aromatic rings. The van der Waals surface area contributed by atoms with E-state index in [9.17, 15) is 9.59 Å². The molecular formula is C11H20N2O4. The zero-order chi connectivity index (χ0) is 12.7. The van der Waals surface area contributed by atoms with Crippen molar-refractivity contribution in [2.24, 2.45) is 0 Å². The number of carbonyl (C=O) groups excluding carboxylic acids is 1. The lowest BCUT2D eigenvalue weighted by Crippen LogP contribution is -2.46. The van der Waals surface area contributed by atoms with E-state index in [2.05, 4.69) is 10.6 Å². The molecule has 2 amide bonds. The molecule has 3 N–H and O–H groups in total. The van der Waals surface area contributed by atoms with E-state index >= 15 is 0 Å². The Morgan fingerprint density at radius 2 is 2.18 bits per heavy atom. The second-order valence-electron chi connectivity index (χ2n) is 4.21. The summed E-state index contributed by atoms with van der Waals surface area (Å²) in [7, 11) is 1.65. The van der Waals surface area contributed by atoms with E-state index in [1.54, 1.807) is 7.11 Å². The van der Waals surface area contributed by atoms with Crippen molar-refractivity contribution in [2.45, 2.75) is 44.2 Å². The molecule has 1 fully saturated rings. The smallest absolute Gasteiger partial charge is 0.315 e. The maximum Gasteiger partial charge on any atom is 0.315 e. The lowest BCUT2D eigenvalue weighted by Gasteiger charge is -2.19. The van der Waals surface area contributed by atoms with Crippen LogP contribution >= 0.6 is 0 Å². The van der Waals surface area contributed by atoms with Crippen molar-refractivity contribution < 1.29 is 19.4 Å². The fourth-order valence-electron chi connectivity index (χ4n) is 2.03. The molecule has 0 spiro atoms. The number of carboxylic acids is 1. The molecule has 0 aromatic carbocycles. The third-order valence-electron chi connectivity index (χ3n) is 2.92. The minimum absolute atomic E-state index is 0.0690. The Hall–Kier alpha value is -1.30. The summed E-state index contributed by atoms with van der Waals surface area (Å²) in [5, 5.41) is 13.9. The normalized spacial score (nSPS) is 23.4. The van der Waals surface area contributed by atoms with Gasteiger partial charge in [0.2, 0.25) is 0 Å². The van der Waals surface area contributed by atoms with Crippen molar-refractivity contribution in [3.05, 3.63) is 0 Å². The first-order valence-electron chi connectivity index (χ1n) is 5.92. The van der Waals surface area contributed by atoms with Gasteiger partial charge in [-0.25, -0.2) is 4.79 Å². The van der Waals surface area contributed by atoms with Gasteiger partial charge in [-0.1, -0.05) is 0 Å². The number of methoxy groups -OCH3 is 1. The van der Waals surface area contributed by atoms with Crippen LogP contribution in [0.15, 0.2) is 0 Å². The molecule has 6 nitrogen and oxygen atoms in total. The van der Waals surface area contributed by atoms with Gasteiger partial charge >= 0.3 is 12.0 Å². The Morgan fingerprint density at radius 1 is 1.41 bits per heavy atom. The molecule has 1 saturated carbocycles. The zero-order valence-corrected chi connectivity index (χ0v) is 10.1. The van der Waals surface area contributed by atoms with E-state index in [0.29, 0.717) is 13.0 Å². The standard InChI is InChI=1S/C11H20N2O4/c1-17-9-5-2-4-8(9)13-11(16)12-7-3-6-10(14)15/h8-9H,2-7H2,1H3,(H,14,15)(H2,12,13,16)/t8-,9-/m1/s1. The van der Waals surface area contributed by atoms with Crippen LogP contribution in [0.4, 0.5) is 4.79 Å². The summed E-state index contributed by atoms with van der Waals surface area (Å²) < 4.78 is 5.26. The van der Waals surface area contributed by atoms with Gasteiger partial charge in [0.1, 0.15) is 0 Å². The average molecular weight is 244 g/mol. The Bertz CT molecular complexity index is 270. The van der Waals surface area contributed by atoms with Crippen molar-refractivity contribution in [1.82, 2.24) is 10.6 Å². The molecule has 1 rings (SSSR count). The van der Waals surface area contributed by atoms with E-state index in [-0.39, 0.29) is 24.6 Å². The van der Waals surface area contributed by atoms with Crippen LogP contribution < -0.4 is 10.6 Å². The highest BCUT2D eigenvalue weighted by atomic mass is 16.5. The van der Waals surface area contributed by atoms with Crippen LogP contribution in [0.25, 0.3) is 0 Å². The maximum absolute atomic E-state index is 11.5. The summed E-state index contributed by atoms with van der Waals surface area (Å²) in [5.41, 5.74) is 0. The average Bonchev–Trinajstić information content (AvgIpc) is 2.71. The second-order valence-corrected chi connectivity index (χ2v) is 4.21. The predicted octanol–water partition coefficient (Wildman–Crippen LogP) is 0.718. The third-order valence-corrected chi connectivity index (χ3v) is 2.92. The summed E-state index contributed by atoms with van der Waals surface area (Å²) in [6, 6.07) is -0.177. The molecular weight excluding hydrogens is 224 g/mol. The first kappa shape index (κ1) is 13.8. The van der Waals surface area contributed by atoms with Crippen LogP contribution in [0.3, 0.4) is 0 Å². The molecule has 0 aliphatic heterocycles. The summed E-state index contributed by atoms with van der Waals surface area (Å²) >= 11 is 0. The lowest BCUT2D eigenvalue weighted by molar-refractivity contribution is -0.137. The second kappa shape index (κ2) is 7.11. The van der Waals surface area contributed by atoms with Crippen LogP contribution in [0.5, 0.6) is 0 Å². The largest absolute Gasteiger partial charge is 0.481 e. The monoisotopic (exact) mass is 244 g/mol. The molecule has 0 bridgehead atoms. The zero-order valence-electron chi connectivity index (χ0n) is 10.1. The SMILES string of the molecule is CO[C@@H]1CCC[C@H]1NC(=O)NCCCC(=O)O. The number of carboxylic acid groups (broad SMARTS) is 1. The highest BCUT2D eigenvalue weighted by molar-refractivity contribution is 5.74. The Kier molecular flexibility index (Phi) is 5.76. The van der Waals surface area contributed by atoms with E-state index in [0.717, 1.165) is 19.3 Å². The van der Waals surface area contributed by atoms with E-state index < -0.39 is 5.97 Å².